The number of rotatable bonds is 7. The highest BCUT2D eigenvalue weighted by Gasteiger charge is 2.15. The van der Waals surface area contributed by atoms with Crippen molar-refractivity contribution in [3.8, 4) is 11.5 Å². The van der Waals surface area contributed by atoms with Gasteiger partial charge in [0, 0.05) is 0 Å². The summed E-state index contributed by atoms with van der Waals surface area (Å²) >= 11 is 0. The van der Waals surface area contributed by atoms with Crippen LogP contribution in [0.1, 0.15) is 11.1 Å². The fraction of sp³-hybridized carbons (Fsp3) is 0.235. The molecular formula is C17H20N2O5S. The average molecular weight is 364 g/mol. The van der Waals surface area contributed by atoms with E-state index in [1.165, 1.54) is 31.4 Å². The summed E-state index contributed by atoms with van der Waals surface area (Å²) in [6.45, 7) is 3.53. The summed E-state index contributed by atoms with van der Waals surface area (Å²) in [5.41, 5.74) is 4.14. The third kappa shape index (κ3) is 5.47. The van der Waals surface area contributed by atoms with Gasteiger partial charge in [-0.2, -0.15) is 0 Å². The van der Waals surface area contributed by atoms with Crippen molar-refractivity contribution in [2.75, 3.05) is 13.7 Å². The molecule has 2 aromatic rings. The number of aryl methyl sites for hydroxylation is 2. The van der Waals surface area contributed by atoms with Crippen LogP contribution in [0.3, 0.4) is 0 Å². The Bertz CT molecular complexity index is 828. The molecule has 0 spiro atoms. The van der Waals surface area contributed by atoms with Gasteiger partial charge in [-0.25, -0.2) is 8.42 Å². The van der Waals surface area contributed by atoms with E-state index < -0.39 is 15.9 Å². The van der Waals surface area contributed by atoms with Gasteiger partial charge in [0.05, 0.1) is 12.0 Å². The molecule has 1 amide bonds. The molecule has 2 N–H and O–H groups in total. The predicted octanol–water partition coefficient (Wildman–Crippen LogP) is 1.70. The molecular weight excluding hydrogens is 344 g/mol. The predicted molar refractivity (Wildman–Crippen MR) is 92.9 cm³/mol. The lowest BCUT2D eigenvalue weighted by molar-refractivity contribution is -0.123. The number of hydrogen-bond acceptors (Lipinski definition) is 5. The van der Waals surface area contributed by atoms with Crippen LogP contribution < -0.4 is 19.7 Å². The van der Waals surface area contributed by atoms with E-state index in [9.17, 15) is 13.2 Å². The van der Waals surface area contributed by atoms with Crippen molar-refractivity contribution in [1.29, 1.82) is 0 Å². The van der Waals surface area contributed by atoms with Gasteiger partial charge in [-0.3, -0.25) is 10.2 Å². The van der Waals surface area contributed by atoms with Crippen molar-refractivity contribution in [2.24, 2.45) is 0 Å². The highest BCUT2D eigenvalue weighted by atomic mass is 32.2. The maximum Gasteiger partial charge on any atom is 0.272 e. The van der Waals surface area contributed by atoms with E-state index in [2.05, 4.69) is 5.43 Å². The smallest absolute Gasteiger partial charge is 0.272 e. The van der Waals surface area contributed by atoms with Crippen LogP contribution in [0.2, 0.25) is 0 Å². The Morgan fingerprint density at radius 3 is 2.16 bits per heavy atom. The third-order valence-electron chi connectivity index (χ3n) is 3.26. The zero-order valence-corrected chi connectivity index (χ0v) is 15.0. The largest absolute Gasteiger partial charge is 0.497 e. The summed E-state index contributed by atoms with van der Waals surface area (Å²) in [5, 5.41) is 0. The van der Waals surface area contributed by atoms with Gasteiger partial charge < -0.3 is 9.47 Å². The molecule has 0 unspecified atom stereocenters. The third-order valence-corrected chi connectivity index (χ3v) is 4.52. The normalized spacial score (nSPS) is 11.0. The second kappa shape index (κ2) is 8.00. The van der Waals surface area contributed by atoms with Crippen LogP contribution in [0.15, 0.2) is 47.4 Å². The first kappa shape index (κ1) is 18.8. The SMILES string of the molecule is COc1ccc(S(=O)(=O)NNC(=O)COc2cc(C)cc(C)c2)cc1. The molecule has 25 heavy (non-hydrogen) atoms. The van der Waals surface area contributed by atoms with E-state index in [0.717, 1.165) is 11.1 Å². The molecule has 2 rings (SSSR count). The molecule has 0 aromatic heterocycles. The lowest BCUT2D eigenvalue weighted by Gasteiger charge is -2.10. The number of carbonyl (C=O) groups excluding carboxylic acids is 1. The van der Waals surface area contributed by atoms with E-state index >= 15 is 0 Å². The second-order valence-corrected chi connectivity index (χ2v) is 7.12. The van der Waals surface area contributed by atoms with Gasteiger partial charge >= 0.3 is 0 Å². The molecule has 0 atom stereocenters. The minimum Gasteiger partial charge on any atom is -0.497 e. The summed E-state index contributed by atoms with van der Waals surface area (Å²) in [5.74, 6) is 0.465. The van der Waals surface area contributed by atoms with Gasteiger partial charge in [-0.15, -0.1) is 4.83 Å². The van der Waals surface area contributed by atoms with Crippen LogP contribution in [-0.4, -0.2) is 28.0 Å². The quantitative estimate of drug-likeness (QED) is 0.730. The highest BCUT2D eigenvalue weighted by molar-refractivity contribution is 7.89. The Morgan fingerprint density at radius 2 is 1.60 bits per heavy atom. The molecule has 8 heteroatoms. The van der Waals surface area contributed by atoms with E-state index in [4.69, 9.17) is 9.47 Å². The number of ether oxygens (including phenoxy) is 2. The molecule has 0 aliphatic rings. The molecule has 0 saturated carbocycles. The van der Waals surface area contributed by atoms with Gasteiger partial charge in [0.1, 0.15) is 11.5 Å². The number of hydrogen-bond donors (Lipinski definition) is 2. The Balaban J connectivity index is 1.89. The number of sulfonamides is 1. The zero-order valence-electron chi connectivity index (χ0n) is 14.2. The van der Waals surface area contributed by atoms with Gasteiger partial charge in [-0.1, -0.05) is 6.07 Å². The fourth-order valence-corrected chi connectivity index (χ4v) is 3.00. The van der Waals surface area contributed by atoms with Crippen LogP contribution in [0.4, 0.5) is 0 Å². The fourth-order valence-electron chi connectivity index (χ4n) is 2.14. The summed E-state index contributed by atoms with van der Waals surface area (Å²) < 4.78 is 34.5. The van der Waals surface area contributed by atoms with E-state index in [1.807, 2.05) is 24.7 Å². The second-order valence-electron chi connectivity index (χ2n) is 5.44. The topological polar surface area (TPSA) is 93.7 Å². The summed E-state index contributed by atoms with van der Waals surface area (Å²) in [7, 11) is -2.39. The molecule has 0 aliphatic heterocycles. The standard InChI is InChI=1S/C17H20N2O5S/c1-12-8-13(2)10-15(9-12)24-11-17(20)18-19-25(21,22)16-6-4-14(23-3)5-7-16/h4-10,19H,11H2,1-3H3,(H,18,20). The number of carbonyl (C=O) groups is 1. The number of amides is 1. The van der Waals surface area contributed by atoms with E-state index in [0.29, 0.717) is 11.5 Å². The van der Waals surface area contributed by atoms with Crippen molar-refractivity contribution in [1.82, 2.24) is 10.3 Å². The lowest BCUT2D eigenvalue weighted by Crippen LogP contribution is -2.43. The zero-order chi connectivity index (χ0) is 18.4. The molecule has 0 saturated heterocycles. The van der Waals surface area contributed by atoms with Gasteiger partial charge in [0.25, 0.3) is 15.9 Å². The summed E-state index contributed by atoms with van der Waals surface area (Å²) in [4.78, 5) is 13.8. The monoisotopic (exact) mass is 364 g/mol. The van der Waals surface area contributed by atoms with Crippen molar-refractivity contribution in [3.05, 3.63) is 53.6 Å². The molecule has 0 heterocycles. The van der Waals surface area contributed by atoms with Crippen LogP contribution in [0, 0.1) is 13.8 Å². The summed E-state index contributed by atoms with van der Waals surface area (Å²) in [6.07, 6.45) is 0. The number of methoxy groups -OCH3 is 1. The number of benzene rings is 2. The highest BCUT2D eigenvalue weighted by Crippen LogP contribution is 2.16. The number of nitrogens with one attached hydrogen (secondary N) is 2. The van der Waals surface area contributed by atoms with Gasteiger partial charge in [0.2, 0.25) is 0 Å². The molecule has 134 valence electrons. The van der Waals surface area contributed by atoms with Gasteiger partial charge in [-0.05, 0) is 61.4 Å². The summed E-state index contributed by atoms with van der Waals surface area (Å²) in [6, 6.07) is 11.3. The first-order chi connectivity index (χ1) is 11.8. The van der Waals surface area contributed by atoms with Crippen molar-refractivity contribution in [2.45, 2.75) is 18.7 Å². The lowest BCUT2D eigenvalue weighted by atomic mass is 10.1. The van der Waals surface area contributed by atoms with Crippen LogP contribution >= 0.6 is 0 Å². The Morgan fingerprint density at radius 1 is 1.00 bits per heavy atom. The Labute approximate surface area is 147 Å². The maximum absolute atomic E-state index is 12.1. The van der Waals surface area contributed by atoms with Crippen molar-refractivity contribution < 1.29 is 22.7 Å². The molecule has 0 radical (unpaired) electrons. The minimum absolute atomic E-state index is 0.00354. The van der Waals surface area contributed by atoms with Crippen molar-refractivity contribution in [3.63, 3.8) is 0 Å². The molecule has 2 aromatic carbocycles. The molecule has 7 nitrogen and oxygen atoms in total. The van der Waals surface area contributed by atoms with E-state index in [1.54, 1.807) is 12.1 Å². The van der Waals surface area contributed by atoms with Crippen molar-refractivity contribution >= 4 is 15.9 Å². The Hall–Kier alpha value is -2.58. The maximum atomic E-state index is 12.1. The number of hydrazine groups is 1. The van der Waals surface area contributed by atoms with Crippen LogP contribution in [-0.2, 0) is 14.8 Å². The van der Waals surface area contributed by atoms with Crippen LogP contribution in [0.5, 0.6) is 11.5 Å². The van der Waals surface area contributed by atoms with Crippen LogP contribution in [0.25, 0.3) is 0 Å². The van der Waals surface area contributed by atoms with E-state index in [-0.39, 0.29) is 11.5 Å². The van der Waals surface area contributed by atoms with Gasteiger partial charge in [0.15, 0.2) is 6.61 Å². The minimum atomic E-state index is -3.87. The molecule has 0 fully saturated rings. The molecule has 0 bridgehead atoms. The Kier molecular flexibility index (Phi) is 6.00. The first-order valence-corrected chi connectivity index (χ1v) is 8.94. The average Bonchev–Trinajstić information content (AvgIpc) is 2.57. The first-order valence-electron chi connectivity index (χ1n) is 7.46. The molecule has 0 aliphatic carbocycles.